The monoisotopic (exact) mass is 625 g/mol. The summed E-state index contributed by atoms with van der Waals surface area (Å²) in [5.74, 6) is -1.47. The van der Waals surface area contributed by atoms with Crippen LogP contribution in [0, 0.1) is 13.8 Å². The number of thiophene rings is 1. The van der Waals surface area contributed by atoms with Gasteiger partial charge in [-0.25, -0.2) is 9.59 Å². The van der Waals surface area contributed by atoms with Crippen LogP contribution in [0.2, 0.25) is 0 Å². The molecule has 0 unspecified atom stereocenters. The van der Waals surface area contributed by atoms with Gasteiger partial charge in [-0.1, -0.05) is 23.9 Å². The number of esters is 2. The van der Waals surface area contributed by atoms with E-state index >= 15 is 0 Å². The number of rotatable bonds is 12. The summed E-state index contributed by atoms with van der Waals surface area (Å²) >= 11 is 2.10. The fourth-order valence-corrected chi connectivity index (χ4v) is 6.02. The molecule has 0 saturated carbocycles. The number of thioether (sulfide) groups is 1. The molecule has 4 rings (SSSR count). The second-order valence-electron chi connectivity index (χ2n) is 9.18. The molecule has 12 nitrogen and oxygen atoms in total. The van der Waals surface area contributed by atoms with E-state index in [2.05, 4.69) is 20.8 Å². The van der Waals surface area contributed by atoms with E-state index in [9.17, 15) is 19.2 Å². The van der Waals surface area contributed by atoms with Crippen molar-refractivity contribution < 1.29 is 33.1 Å². The van der Waals surface area contributed by atoms with Crippen molar-refractivity contribution in [1.82, 2.24) is 20.1 Å². The topological polar surface area (TPSA) is 155 Å². The van der Waals surface area contributed by atoms with E-state index in [-0.39, 0.29) is 41.0 Å². The second kappa shape index (κ2) is 14.2. The van der Waals surface area contributed by atoms with Crippen LogP contribution in [-0.4, -0.2) is 57.0 Å². The molecule has 3 aromatic heterocycles. The number of hydrogen-bond donors (Lipinski definition) is 2. The smallest absolute Gasteiger partial charge is 0.348 e. The second-order valence-corrected chi connectivity index (χ2v) is 11.5. The van der Waals surface area contributed by atoms with Crippen LogP contribution in [0.15, 0.2) is 52.2 Å². The molecule has 0 aliphatic heterocycles. The van der Waals surface area contributed by atoms with Crippen molar-refractivity contribution in [3.8, 4) is 5.69 Å². The van der Waals surface area contributed by atoms with Gasteiger partial charge in [0.1, 0.15) is 9.88 Å². The molecule has 43 heavy (non-hydrogen) atoms. The minimum Gasteiger partial charge on any atom is -0.462 e. The first-order valence-corrected chi connectivity index (χ1v) is 15.1. The lowest BCUT2D eigenvalue weighted by Crippen LogP contribution is -2.25. The molecule has 0 aliphatic rings. The summed E-state index contributed by atoms with van der Waals surface area (Å²) in [5.41, 5.74) is 2.23. The van der Waals surface area contributed by atoms with Gasteiger partial charge in [-0.3, -0.25) is 14.2 Å². The molecule has 4 aromatic rings. The molecule has 0 spiro atoms. The summed E-state index contributed by atoms with van der Waals surface area (Å²) < 4.78 is 17.2. The third-order valence-corrected chi connectivity index (χ3v) is 8.32. The number of aromatic nitrogens is 3. The van der Waals surface area contributed by atoms with E-state index in [1.807, 2.05) is 31.2 Å². The number of nitrogens with zero attached hydrogens (tertiary/aromatic N) is 3. The van der Waals surface area contributed by atoms with Crippen LogP contribution in [0.1, 0.15) is 68.3 Å². The highest BCUT2D eigenvalue weighted by atomic mass is 32.2. The van der Waals surface area contributed by atoms with Gasteiger partial charge in [-0.05, 0) is 70.0 Å². The van der Waals surface area contributed by atoms with E-state index in [0.29, 0.717) is 16.5 Å². The number of furan rings is 1. The summed E-state index contributed by atoms with van der Waals surface area (Å²) in [6, 6.07) is 10.8. The summed E-state index contributed by atoms with van der Waals surface area (Å²) in [4.78, 5) is 51.3. The number of carbonyl (C=O) groups is 4. The van der Waals surface area contributed by atoms with Gasteiger partial charge in [0, 0.05) is 5.69 Å². The molecule has 1 aromatic carbocycles. The summed E-state index contributed by atoms with van der Waals surface area (Å²) in [7, 11) is 0. The minimum atomic E-state index is -0.707. The Bertz CT molecular complexity index is 1630. The largest absolute Gasteiger partial charge is 0.462 e. The zero-order chi connectivity index (χ0) is 31.1. The number of benzene rings is 1. The van der Waals surface area contributed by atoms with Gasteiger partial charge in [0.25, 0.3) is 5.91 Å². The van der Waals surface area contributed by atoms with Crippen LogP contribution in [0.25, 0.3) is 5.69 Å². The van der Waals surface area contributed by atoms with Crippen molar-refractivity contribution in [3.05, 3.63) is 75.8 Å². The maximum atomic E-state index is 13.4. The normalized spacial score (nSPS) is 11.6. The molecule has 14 heteroatoms. The SMILES string of the molecule is CCOC(=O)c1sc(NC(=O)[C@@H](C)Sc2nnc(CNC(=O)c3ccco3)n2-c2cccc(C)c2)c(C(=O)OCC)c1C. The molecule has 2 N–H and O–H groups in total. The number of aryl methyl sites for hydroxylation is 1. The number of carbonyl (C=O) groups excluding carboxylic acids is 4. The summed E-state index contributed by atoms with van der Waals surface area (Å²) in [6.07, 6.45) is 1.41. The zero-order valence-electron chi connectivity index (χ0n) is 24.3. The maximum absolute atomic E-state index is 13.4. The molecule has 2 amide bonds. The predicted molar refractivity (Wildman–Crippen MR) is 161 cm³/mol. The Morgan fingerprint density at radius 1 is 1.05 bits per heavy atom. The van der Waals surface area contributed by atoms with Gasteiger partial charge < -0.3 is 24.5 Å². The molecular formula is C29H31N5O7S2. The van der Waals surface area contributed by atoms with E-state index in [0.717, 1.165) is 34.3 Å². The minimum absolute atomic E-state index is 0.0512. The Labute approximate surface area is 256 Å². The third kappa shape index (κ3) is 7.32. The quantitative estimate of drug-likeness (QED) is 0.163. The van der Waals surface area contributed by atoms with Crippen molar-refractivity contribution in [2.45, 2.75) is 51.6 Å². The highest BCUT2D eigenvalue weighted by Gasteiger charge is 2.29. The van der Waals surface area contributed by atoms with Gasteiger partial charge in [0.05, 0.1) is 36.8 Å². The molecule has 226 valence electrons. The van der Waals surface area contributed by atoms with Crippen LogP contribution in [0.3, 0.4) is 0 Å². The van der Waals surface area contributed by atoms with Gasteiger partial charge in [0.15, 0.2) is 16.7 Å². The first kappa shape index (κ1) is 31.5. The number of nitrogens with one attached hydrogen (secondary N) is 2. The lowest BCUT2D eigenvalue weighted by Gasteiger charge is -2.14. The number of amides is 2. The Balaban J connectivity index is 1.59. The maximum Gasteiger partial charge on any atom is 0.348 e. The molecule has 1 atom stereocenters. The Hall–Kier alpha value is -4.43. The van der Waals surface area contributed by atoms with Crippen LogP contribution in [0.4, 0.5) is 5.00 Å². The average molecular weight is 626 g/mol. The van der Waals surface area contributed by atoms with Crippen molar-refractivity contribution in [2.24, 2.45) is 0 Å². The van der Waals surface area contributed by atoms with E-state index in [1.54, 1.807) is 44.4 Å². The van der Waals surface area contributed by atoms with Crippen molar-refractivity contribution in [3.63, 3.8) is 0 Å². The highest BCUT2D eigenvalue weighted by molar-refractivity contribution is 8.00. The van der Waals surface area contributed by atoms with Gasteiger partial charge in [0.2, 0.25) is 5.91 Å². The van der Waals surface area contributed by atoms with E-state index in [1.165, 1.54) is 6.26 Å². The predicted octanol–water partition coefficient (Wildman–Crippen LogP) is 4.94. The Kier molecular flexibility index (Phi) is 10.4. The summed E-state index contributed by atoms with van der Waals surface area (Å²) in [6.45, 7) is 8.94. The van der Waals surface area contributed by atoms with Crippen molar-refractivity contribution in [1.29, 1.82) is 0 Å². The van der Waals surface area contributed by atoms with Gasteiger partial charge in [-0.2, -0.15) is 0 Å². The summed E-state index contributed by atoms with van der Waals surface area (Å²) in [5, 5.41) is 14.1. The number of hydrogen-bond acceptors (Lipinski definition) is 11. The Morgan fingerprint density at radius 3 is 2.47 bits per heavy atom. The molecule has 3 heterocycles. The van der Waals surface area contributed by atoms with Crippen LogP contribution < -0.4 is 10.6 Å². The first-order chi connectivity index (χ1) is 20.6. The number of ether oxygens (including phenoxy) is 2. The zero-order valence-corrected chi connectivity index (χ0v) is 25.9. The van der Waals surface area contributed by atoms with E-state index in [4.69, 9.17) is 13.9 Å². The third-order valence-electron chi connectivity index (χ3n) is 6.09. The van der Waals surface area contributed by atoms with Gasteiger partial charge in [-0.15, -0.1) is 21.5 Å². The van der Waals surface area contributed by atoms with Gasteiger partial charge >= 0.3 is 11.9 Å². The lowest BCUT2D eigenvalue weighted by atomic mass is 10.1. The molecule has 0 saturated heterocycles. The van der Waals surface area contributed by atoms with Crippen LogP contribution >= 0.6 is 23.1 Å². The fraction of sp³-hybridized carbons (Fsp3) is 0.310. The average Bonchev–Trinajstić information content (AvgIpc) is 3.71. The molecular weight excluding hydrogens is 594 g/mol. The Morgan fingerprint density at radius 2 is 1.79 bits per heavy atom. The molecule has 0 fully saturated rings. The molecule has 0 aliphatic carbocycles. The first-order valence-electron chi connectivity index (χ1n) is 13.4. The highest BCUT2D eigenvalue weighted by Crippen LogP contribution is 2.35. The van der Waals surface area contributed by atoms with Crippen molar-refractivity contribution in [2.75, 3.05) is 18.5 Å². The van der Waals surface area contributed by atoms with Crippen molar-refractivity contribution >= 4 is 51.9 Å². The lowest BCUT2D eigenvalue weighted by molar-refractivity contribution is -0.115. The fourth-order valence-electron chi connectivity index (χ4n) is 4.04. The standard InChI is InChI=1S/C29H31N5O7S2/c1-6-39-27(37)22-17(4)23(28(38)40-7-2)43-26(22)31-24(35)18(5)42-29-33-32-21(15-30-25(36)20-12-9-13-41-20)34(29)19-11-8-10-16(3)14-19/h8-14,18H,6-7,15H2,1-5H3,(H,30,36)(H,31,35)/t18-/m1/s1. The molecule has 0 bridgehead atoms. The van der Waals surface area contributed by atoms with E-state index < -0.39 is 29.0 Å². The van der Waals surface area contributed by atoms with Crippen LogP contribution in [-0.2, 0) is 20.8 Å². The van der Waals surface area contributed by atoms with Crippen LogP contribution in [0.5, 0.6) is 0 Å². The number of anilines is 1. The molecule has 0 radical (unpaired) electrons.